The molecule has 1 aromatic heterocycles. The summed E-state index contributed by atoms with van der Waals surface area (Å²) in [6, 6.07) is 2.16. The third kappa shape index (κ3) is 2.19. The first-order chi connectivity index (χ1) is 7.18. The van der Waals surface area contributed by atoms with Gasteiger partial charge in [0.1, 0.15) is 0 Å². The molecule has 2 heterocycles. The monoisotopic (exact) mass is 206 g/mol. The molecule has 3 atom stereocenters. The molecule has 0 aliphatic carbocycles. The van der Waals surface area contributed by atoms with Crippen molar-refractivity contribution in [3.05, 3.63) is 29.6 Å². The van der Waals surface area contributed by atoms with Crippen LogP contribution in [0.15, 0.2) is 18.5 Å². The average Bonchev–Trinajstić information content (AvgIpc) is 2.63. The van der Waals surface area contributed by atoms with Gasteiger partial charge in [-0.05, 0) is 31.4 Å². The lowest BCUT2D eigenvalue weighted by molar-refractivity contribution is 0.0994. The van der Waals surface area contributed by atoms with Gasteiger partial charge in [0.15, 0.2) is 0 Å². The number of aryl methyl sites for hydroxylation is 1. The Kier molecular flexibility index (Phi) is 3.03. The Bertz CT molecular complexity index is 340. The van der Waals surface area contributed by atoms with Crippen LogP contribution in [0.5, 0.6) is 0 Å². The number of aromatic nitrogens is 1. The molecule has 1 saturated heterocycles. The smallest absolute Gasteiger partial charge is 0.0594 e. The van der Waals surface area contributed by atoms with Crippen molar-refractivity contribution < 1.29 is 4.74 Å². The zero-order chi connectivity index (χ0) is 10.8. The van der Waals surface area contributed by atoms with E-state index in [1.807, 2.05) is 19.3 Å². The van der Waals surface area contributed by atoms with Crippen molar-refractivity contribution in [2.24, 2.45) is 11.7 Å². The van der Waals surface area contributed by atoms with Gasteiger partial charge in [0, 0.05) is 31.0 Å². The second-order valence-corrected chi connectivity index (χ2v) is 4.35. The summed E-state index contributed by atoms with van der Waals surface area (Å²) in [5, 5.41) is 0. The minimum absolute atomic E-state index is 0.0508. The first-order valence-corrected chi connectivity index (χ1v) is 5.47. The summed E-state index contributed by atoms with van der Waals surface area (Å²) in [6.45, 7) is 4.97. The van der Waals surface area contributed by atoms with Crippen LogP contribution in [0.2, 0.25) is 0 Å². The first kappa shape index (κ1) is 10.6. The zero-order valence-corrected chi connectivity index (χ0v) is 9.31. The SMILES string of the molecule is Cc1cncc(C(N)C2CCOC2C)c1. The normalized spacial score (nSPS) is 27.9. The van der Waals surface area contributed by atoms with Crippen LogP contribution in [0.1, 0.15) is 30.5 Å². The minimum Gasteiger partial charge on any atom is -0.378 e. The fraction of sp³-hybridized carbons (Fsp3) is 0.583. The van der Waals surface area contributed by atoms with Crippen molar-refractivity contribution in [3.63, 3.8) is 0 Å². The molecule has 1 aliphatic heterocycles. The minimum atomic E-state index is 0.0508. The van der Waals surface area contributed by atoms with Crippen molar-refractivity contribution in [3.8, 4) is 0 Å². The topological polar surface area (TPSA) is 48.1 Å². The van der Waals surface area contributed by atoms with Crippen LogP contribution in [0.3, 0.4) is 0 Å². The first-order valence-electron chi connectivity index (χ1n) is 5.47. The molecule has 0 bridgehead atoms. The highest BCUT2D eigenvalue weighted by Gasteiger charge is 2.30. The highest BCUT2D eigenvalue weighted by molar-refractivity contribution is 5.21. The zero-order valence-electron chi connectivity index (χ0n) is 9.31. The summed E-state index contributed by atoms with van der Waals surface area (Å²) in [5.74, 6) is 0.425. The molecule has 0 saturated carbocycles. The lowest BCUT2D eigenvalue weighted by Gasteiger charge is -2.22. The molecule has 3 heteroatoms. The molecule has 3 unspecified atom stereocenters. The lowest BCUT2D eigenvalue weighted by atomic mass is 9.89. The van der Waals surface area contributed by atoms with Gasteiger partial charge in [-0.25, -0.2) is 0 Å². The van der Waals surface area contributed by atoms with Gasteiger partial charge < -0.3 is 10.5 Å². The maximum absolute atomic E-state index is 6.24. The summed E-state index contributed by atoms with van der Waals surface area (Å²) in [4.78, 5) is 4.18. The van der Waals surface area contributed by atoms with Crippen LogP contribution in [0.4, 0.5) is 0 Å². The van der Waals surface area contributed by atoms with E-state index < -0.39 is 0 Å². The van der Waals surface area contributed by atoms with Crippen molar-refractivity contribution >= 4 is 0 Å². The summed E-state index contributed by atoms with van der Waals surface area (Å²) in [7, 11) is 0. The molecule has 3 nitrogen and oxygen atoms in total. The van der Waals surface area contributed by atoms with E-state index in [-0.39, 0.29) is 12.1 Å². The van der Waals surface area contributed by atoms with Crippen LogP contribution in [-0.4, -0.2) is 17.7 Å². The molecule has 82 valence electrons. The quantitative estimate of drug-likeness (QED) is 0.803. The van der Waals surface area contributed by atoms with E-state index in [1.54, 1.807) is 0 Å². The van der Waals surface area contributed by atoms with E-state index in [0.29, 0.717) is 5.92 Å². The Hall–Kier alpha value is -0.930. The standard InChI is InChI=1S/C12H18N2O/c1-8-5-10(7-14-6-8)12(13)11-3-4-15-9(11)2/h5-7,9,11-12H,3-4,13H2,1-2H3. The number of pyridine rings is 1. The number of nitrogens with two attached hydrogens (primary N) is 1. The Morgan fingerprint density at radius 2 is 2.33 bits per heavy atom. The van der Waals surface area contributed by atoms with Crippen LogP contribution in [0, 0.1) is 12.8 Å². The van der Waals surface area contributed by atoms with Gasteiger partial charge in [0.2, 0.25) is 0 Å². The highest BCUT2D eigenvalue weighted by atomic mass is 16.5. The van der Waals surface area contributed by atoms with Gasteiger partial charge in [0.05, 0.1) is 6.10 Å². The van der Waals surface area contributed by atoms with Crippen LogP contribution in [-0.2, 0) is 4.74 Å². The number of hydrogen-bond donors (Lipinski definition) is 1. The average molecular weight is 206 g/mol. The second-order valence-electron chi connectivity index (χ2n) is 4.35. The molecule has 0 spiro atoms. The molecule has 0 amide bonds. The van der Waals surface area contributed by atoms with Crippen LogP contribution < -0.4 is 5.73 Å². The van der Waals surface area contributed by atoms with E-state index in [0.717, 1.165) is 24.2 Å². The predicted molar refractivity (Wildman–Crippen MR) is 59.4 cm³/mol. The molecule has 15 heavy (non-hydrogen) atoms. The number of ether oxygens (including phenoxy) is 1. The van der Waals surface area contributed by atoms with Crippen LogP contribution in [0.25, 0.3) is 0 Å². The van der Waals surface area contributed by atoms with Gasteiger partial charge in [0.25, 0.3) is 0 Å². The summed E-state index contributed by atoms with van der Waals surface area (Å²) < 4.78 is 5.54. The molecular weight excluding hydrogens is 188 g/mol. The Morgan fingerprint density at radius 3 is 2.93 bits per heavy atom. The lowest BCUT2D eigenvalue weighted by Crippen LogP contribution is -2.26. The van der Waals surface area contributed by atoms with Gasteiger partial charge in [-0.2, -0.15) is 0 Å². The molecule has 1 aromatic rings. The molecule has 0 aromatic carbocycles. The highest BCUT2D eigenvalue weighted by Crippen LogP contribution is 2.31. The summed E-state index contributed by atoms with van der Waals surface area (Å²) in [6.07, 6.45) is 5.03. The van der Waals surface area contributed by atoms with Crippen molar-refractivity contribution in [2.75, 3.05) is 6.61 Å². The van der Waals surface area contributed by atoms with Gasteiger partial charge in [-0.3, -0.25) is 4.98 Å². The number of hydrogen-bond acceptors (Lipinski definition) is 3. The van der Waals surface area contributed by atoms with Crippen molar-refractivity contribution in [1.82, 2.24) is 4.98 Å². The maximum atomic E-state index is 6.24. The number of rotatable bonds is 2. The van der Waals surface area contributed by atoms with E-state index in [1.165, 1.54) is 0 Å². The second kappa shape index (κ2) is 4.29. The van der Waals surface area contributed by atoms with Gasteiger partial charge in [-0.15, -0.1) is 0 Å². The van der Waals surface area contributed by atoms with Gasteiger partial charge >= 0.3 is 0 Å². The molecular formula is C12H18N2O. The van der Waals surface area contributed by atoms with E-state index in [9.17, 15) is 0 Å². The Labute approximate surface area is 90.7 Å². The van der Waals surface area contributed by atoms with Crippen LogP contribution >= 0.6 is 0 Å². The summed E-state index contributed by atoms with van der Waals surface area (Å²) in [5.41, 5.74) is 8.52. The largest absolute Gasteiger partial charge is 0.378 e. The molecule has 0 radical (unpaired) electrons. The van der Waals surface area contributed by atoms with Gasteiger partial charge in [-0.1, -0.05) is 6.07 Å². The van der Waals surface area contributed by atoms with Crippen molar-refractivity contribution in [1.29, 1.82) is 0 Å². The fourth-order valence-corrected chi connectivity index (χ4v) is 2.23. The molecule has 1 aliphatic rings. The fourth-order valence-electron chi connectivity index (χ4n) is 2.23. The molecule has 1 fully saturated rings. The number of nitrogens with zero attached hydrogens (tertiary/aromatic N) is 1. The van der Waals surface area contributed by atoms with E-state index >= 15 is 0 Å². The molecule has 2 N–H and O–H groups in total. The van der Waals surface area contributed by atoms with Crippen molar-refractivity contribution in [2.45, 2.75) is 32.4 Å². The van der Waals surface area contributed by atoms with E-state index in [2.05, 4.69) is 18.0 Å². The summed E-state index contributed by atoms with van der Waals surface area (Å²) >= 11 is 0. The maximum Gasteiger partial charge on any atom is 0.0594 e. The molecule has 2 rings (SSSR count). The van der Waals surface area contributed by atoms with E-state index in [4.69, 9.17) is 10.5 Å². The predicted octanol–water partition coefficient (Wildman–Crippen LogP) is 1.81. The third-order valence-electron chi connectivity index (χ3n) is 3.18. The third-order valence-corrected chi connectivity index (χ3v) is 3.18. The Morgan fingerprint density at radius 1 is 1.53 bits per heavy atom. The Balaban J connectivity index is 2.16.